The van der Waals surface area contributed by atoms with Crippen LogP contribution in [0, 0.1) is 5.92 Å². The zero-order valence-corrected chi connectivity index (χ0v) is 41.8. The highest BCUT2D eigenvalue weighted by Gasteiger charge is 2.57. The maximum absolute atomic E-state index is 16.9. The predicted molar refractivity (Wildman–Crippen MR) is 271 cm³/mol. The van der Waals surface area contributed by atoms with Gasteiger partial charge in [-0.25, -0.2) is 19.3 Å². The lowest BCUT2D eigenvalue weighted by Crippen LogP contribution is -2.59. The topological polar surface area (TPSA) is 169 Å². The molecule has 4 aromatic rings. The van der Waals surface area contributed by atoms with Crippen LogP contribution in [-0.4, -0.2) is 140 Å². The van der Waals surface area contributed by atoms with Gasteiger partial charge in [0, 0.05) is 106 Å². The number of imide groups is 1. The number of likely N-dealkylation sites (tertiary alicyclic amines) is 3. The fourth-order valence-electron chi connectivity index (χ4n) is 13.2. The second kappa shape index (κ2) is 18.5. The van der Waals surface area contributed by atoms with Gasteiger partial charge in [0.05, 0.1) is 28.9 Å². The lowest BCUT2D eigenvalue weighted by Gasteiger charge is -2.48. The fourth-order valence-corrected chi connectivity index (χ4v) is 13.2. The first-order valence-electron chi connectivity index (χ1n) is 27.0. The molecule has 17 heteroatoms. The number of nitrogens with zero attached hydrogens (tertiary/aromatic N) is 9. The van der Waals surface area contributed by atoms with Crippen LogP contribution in [0.15, 0.2) is 48.9 Å². The number of halogens is 1. The maximum atomic E-state index is 16.9. The van der Waals surface area contributed by atoms with Crippen molar-refractivity contribution < 1.29 is 28.4 Å². The predicted octanol–water partition coefficient (Wildman–Crippen LogP) is 6.64. The Morgan fingerprint density at radius 3 is 2.22 bits per heavy atom. The highest BCUT2D eigenvalue weighted by molar-refractivity contribution is 6.09. The highest BCUT2D eigenvalue weighted by atomic mass is 19.1. The van der Waals surface area contributed by atoms with E-state index >= 15 is 9.18 Å². The van der Waals surface area contributed by atoms with Crippen molar-refractivity contribution in [3.63, 3.8) is 0 Å². The Kier molecular flexibility index (Phi) is 12.1. The fraction of sp³-hybridized carbons (Fsp3) is 0.600. The molecule has 2 aliphatic carbocycles. The van der Waals surface area contributed by atoms with E-state index in [1.165, 1.54) is 19.3 Å². The average molecular weight is 982 g/mol. The molecule has 1 aromatic carbocycles. The normalized spacial score (nSPS) is 25.8. The Labute approximate surface area is 420 Å². The number of alkyl halides is 1. The molecule has 5 saturated heterocycles. The summed E-state index contributed by atoms with van der Waals surface area (Å²) in [6, 6.07) is 13.4. The maximum Gasteiger partial charge on any atom is 0.260 e. The number of rotatable bonds is 10. The van der Waals surface area contributed by atoms with Crippen LogP contribution in [0.3, 0.4) is 0 Å². The van der Waals surface area contributed by atoms with E-state index in [1.54, 1.807) is 16.0 Å². The molecule has 1 unspecified atom stereocenters. The lowest BCUT2D eigenvalue weighted by molar-refractivity contribution is -0.153. The molecule has 7 fully saturated rings. The van der Waals surface area contributed by atoms with Gasteiger partial charge in [0.2, 0.25) is 23.6 Å². The molecule has 9 heterocycles. The number of fused-ring (bicyclic) bond motifs is 3. The van der Waals surface area contributed by atoms with E-state index in [2.05, 4.69) is 73.0 Å². The first-order chi connectivity index (χ1) is 34.9. The second-order valence-corrected chi connectivity index (χ2v) is 22.6. The van der Waals surface area contributed by atoms with Crippen LogP contribution in [0.4, 0.5) is 21.7 Å². The van der Waals surface area contributed by atoms with Crippen LogP contribution < -0.4 is 20.4 Å². The Hall–Kier alpha value is -5.97. The van der Waals surface area contributed by atoms with Crippen LogP contribution >= 0.6 is 0 Å². The van der Waals surface area contributed by atoms with Crippen LogP contribution in [0.25, 0.3) is 22.3 Å². The van der Waals surface area contributed by atoms with E-state index in [9.17, 15) is 19.2 Å². The van der Waals surface area contributed by atoms with Gasteiger partial charge in [-0.3, -0.25) is 29.3 Å². The molecule has 3 aromatic heterocycles. The van der Waals surface area contributed by atoms with E-state index in [0.717, 1.165) is 89.5 Å². The number of amides is 5. The number of piperidine rings is 5. The average Bonchev–Trinajstić information content (AvgIpc) is 4.05. The van der Waals surface area contributed by atoms with Crippen LogP contribution in [0.1, 0.15) is 133 Å². The molecule has 72 heavy (non-hydrogen) atoms. The van der Waals surface area contributed by atoms with Gasteiger partial charge in [-0.2, -0.15) is 0 Å². The molecule has 12 rings (SSSR count). The van der Waals surface area contributed by atoms with Crippen molar-refractivity contribution in [2.45, 2.75) is 151 Å². The molecule has 16 nitrogen and oxygen atoms in total. The van der Waals surface area contributed by atoms with Crippen molar-refractivity contribution in [1.29, 1.82) is 0 Å². The molecule has 0 radical (unpaired) electrons. The SMILES string of the molecule is CC(C)n1cnc2cc(-c3ccc4c(c3)N(C3CC(N5CCCCC5)C3)C(=O)C43CCN(C(=O)C4(F)CCN(C(=O)C5CCN(c6ccc(C7CCC(=O)NC7=O)cn6)CC5)CC4)CC3)nc(NC3CC3)c21. The van der Waals surface area contributed by atoms with Crippen molar-refractivity contribution in [3.8, 4) is 11.3 Å². The van der Waals surface area contributed by atoms with Crippen molar-refractivity contribution >= 4 is 57.9 Å². The van der Waals surface area contributed by atoms with Gasteiger partial charge in [-0.15, -0.1) is 0 Å². The van der Waals surface area contributed by atoms with Crippen LogP contribution in [-0.2, 0) is 29.4 Å². The zero-order chi connectivity index (χ0) is 49.5. The molecule has 5 amide bonds. The van der Waals surface area contributed by atoms with E-state index in [4.69, 9.17) is 9.97 Å². The van der Waals surface area contributed by atoms with Crippen molar-refractivity contribution in [3.05, 3.63) is 60.0 Å². The van der Waals surface area contributed by atoms with Crippen molar-refractivity contribution in [2.75, 3.05) is 67.5 Å². The number of carbonyl (C=O) groups is 5. The van der Waals surface area contributed by atoms with E-state index in [1.807, 2.05) is 18.5 Å². The zero-order valence-electron chi connectivity index (χ0n) is 41.8. The molecule has 380 valence electrons. The molecule has 1 spiro atoms. The Morgan fingerprint density at radius 2 is 1.54 bits per heavy atom. The van der Waals surface area contributed by atoms with Gasteiger partial charge in [-0.05, 0) is 127 Å². The monoisotopic (exact) mass is 982 g/mol. The lowest BCUT2D eigenvalue weighted by atomic mass is 9.73. The third-order valence-electron chi connectivity index (χ3n) is 17.8. The summed E-state index contributed by atoms with van der Waals surface area (Å²) in [5.41, 5.74) is 3.47. The molecule has 1 atom stereocenters. The van der Waals surface area contributed by atoms with Crippen LogP contribution in [0.5, 0.6) is 0 Å². The molecule has 2 saturated carbocycles. The number of carbonyl (C=O) groups excluding carboxylic acids is 5. The van der Waals surface area contributed by atoms with E-state index in [-0.39, 0.29) is 80.7 Å². The first-order valence-corrected chi connectivity index (χ1v) is 27.0. The number of aromatic nitrogens is 4. The number of pyridine rings is 2. The minimum absolute atomic E-state index is 0.0126. The van der Waals surface area contributed by atoms with Crippen LogP contribution in [0.2, 0.25) is 0 Å². The summed E-state index contributed by atoms with van der Waals surface area (Å²) in [5.74, 6) is 0.0868. The minimum Gasteiger partial charge on any atom is -0.366 e. The number of anilines is 3. The van der Waals surface area contributed by atoms with E-state index < -0.39 is 22.9 Å². The minimum atomic E-state index is -2.07. The molecular formula is C55H68FN11O5. The number of imidazole rings is 1. The Bertz CT molecular complexity index is 2770. The van der Waals surface area contributed by atoms with Crippen molar-refractivity contribution in [1.82, 2.24) is 39.5 Å². The van der Waals surface area contributed by atoms with Gasteiger partial charge in [0.15, 0.2) is 11.5 Å². The van der Waals surface area contributed by atoms with Gasteiger partial charge in [0.1, 0.15) is 11.3 Å². The largest absolute Gasteiger partial charge is 0.366 e. The summed E-state index contributed by atoms with van der Waals surface area (Å²) in [6.07, 6.45) is 14.2. The van der Waals surface area contributed by atoms with Gasteiger partial charge >= 0.3 is 0 Å². The second-order valence-electron chi connectivity index (χ2n) is 22.6. The quantitative estimate of drug-likeness (QED) is 0.164. The first kappa shape index (κ1) is 47.1. The summed E-state index contributed by atoms with van der Waals surface area (Å²) < 4.78 is 19.1. The number of hydrogen-bond acceptors (Lipinski definition) is 11. The molecular weight excluding hydrogens is 914 g/mol. The number of benzene rings is 1. The smallest absolute Gasteiger partial charge is 0.260 e. The van der Waals surface area contributed by atoms with Gasteiger partial charge < -0.3 is 34.4 Å². The summed E-state index contributed by atoms with van der Waals surface area (Å²) in [7, 11) is 0. The van der Waals surface area contributed by atoms with E-state index in [0.29, 0.717) is 63.7 Å². The molecule has 2 N–H and O–H groups in total. The summed E-state index contributed by atoms with van der Waals surface area (Å²) >= 11 is 0. The van der Waals surface area contributed by atoms with Gasteiger partial charge in [0.25, 0.3) is 5.91 Å². The standard InChI is InChI=1S/C55H68FN11O5/c1-34(2)66-33-58-44-31-43(60-49(48(44)66)59-38-8-9-38)36-6-11-42-45(28-36)67(40-29-39(30-40)62-20-4-3-5-21-62)52(71)54(42)16-24-65(25-17-54)53(72)55(56)18-26-64(27-19-55)51(70)35-14-22-63(23-15-35)46-12-7-37(32-57-46)41-10-13-47(68)61-50(41)69/h6-7,11-12,28,31-35,38-41H,3-5,8-10,13-27,29-30H2,1-2H3,(H,59,60)(H,61,68,69). The molecule has 8 aliphatic rings. The van der Waals surface area contributed by atoms with Crippen molar-refractivity contribution in [2.24, 2.45) is 5.92 Å². The van der Waals surface area contributed by atoms with Gasteiger partial charge in [-0.1, -0.05) is 24.6 Å². The third-order valence-corrected chi connectivity index (χ3v) is 17.8. The Morgan fingerprint density at radius 1 is 0.806 bits per heavy atom. The summed E-state index contributed by atoms with van der Waals surface area (Å²) in [5, 5.41) is 6.09. The number of hydrogen-bond donors (Lipinski definition) is 2. The number of nitrogens with one attached hydrogen (secondary N) is 2. The molecule has 6 aliphatic heterocycles. The summed E-state index contributed by atoms with van der Waals surface area (Å²) in [4.78, 5) is 92.2. The summed E-state index contributed by atoms with van der Waals surface area (Å²) in [6.45, 7) is 8.77. The highest BCUT2D eigenvalue weighted by Crippen LogP contribution is 2.53. The third kappa shape index (κ3) is 8.40. The molecule has 0 bridgehead atoms. The Balaban J connectivity index is 0.705.